The molecule has 1 saturated heterocycles. The van der Waals surface area contributed by atoms with Crippen molar-refractivity contribution in [3.05, 3.63) is 41.5 Å². The monoisotopic (exact) mass is 326 g/mol. The molecule has 3 aliphatic rings. The Bertz CT molecular complexity index is 633. The number of fused-ring (bicyclic) bond motifs is 1. The quantitative estimate of drug-likeness (QED) is 0.798. The SMILES string of the molecule is O=C(CC1C=CCC1)N1CCN(Cc2ccc3c(c2)CCO3)CC1. The molecule has 4 heteroatoms. The number of carbonyl (C=O) groups excluding carboxylic acids is 1. The number of hydrogen-bond donors (Lipinski definition) is 0. The summed E-state index contributed by atoms with van der Waals surface area (Å²) in [6.45, 7) is 5.46. The number of hydrogen-bond acceptors (Lipinski definition) is 3. The van der Waals surface area contributed by atoms with Crippen LogP contribution in [0.25, 0.3) is 0 Å². The van der Waals surface area contributed by atoms with Gasteiger partial charge in [0.05, 0.1) is 6.61 Å². The third kappa shape index (κ3) is 3.48. The number of amides is 1. The van der Waals surface area contributed by atoms with Crippen LogP contribution in [-0.2, 0) is 17.8 Å². The van der Waals surface area contributed by atoms with Crippen molar-refractivity contribution < 1.29 is 9.53 Å². The zero-order valence-electron chi connectivity index (χ0n) is 14.2. The molecule has 1 aliphatic carbocycles. The first kappa shape index (κ1) is 15.7. The highest BCUT2D eigenvalue weighted by molar-refractivity contribution is 5.76. The highest BCUT2D eigenvalue weighted by atomic mass is 16.5. The van der Waals surface area contributed by atoms with Gasteiger partial charge in [-0.05, 0) is 36.0 Å². The molecule has 1 aromatic carbocycles. The Morgan fingerprint density at radius 2 is 2.08 bits per heavy atom. The summed E-state index contributed by atoms with van der Waals surface area (Å²) in [5.74, 6) is 1.86. The second-order valence-electron chi connectivity index (χ2n) is 7.17. The molecule has 24 heavy (non-hydrogen) atoms. The first-order chi connectivity index (χ1) is 11.8. The summed E-state index contributed by atoms with van der Waals surface area (Å²) in [5.41, 5.74) is 2.70. The van der Waals surface area contributed by atoms with Gasteiger partial charge in [0.15, 0.2) is 0 Å². The van der Waals surface area contributed by atoms with E-state index in [2.05, 4.69) is 40.2 Å². The average Bonchev–Trinajstić information content (AvgIpc) is 3.26. The molecule has 128 valence electrons. The molecule has 1 atom stereocenters. The van der Waals surface area contributed by atoms with Crippen LogP contribution in [0.2, 0.25) is 0 Å². The maximum absolute atomic E-state index is 12.4. The van der Waals surface area contributed by atoms with Crippen LogP contribution in [0.5, 0.6) is 5.75 Å². The molecule has 4 rings (SSSR count). The summed E-state index contributed by atoms with van der Waals surface area (Å²) in [6.07, 6.45) is 8.43. The van der Waals surface area contributed by atoms with Gasteiger partial charge in [-0.15, -0.1) is 0 Å². The van der Waals surface area contributed by atoms with Gasteiger partial charge in [-0.1, -0.05) is 24.3 Å². The lowest BCUT2D eigenvalue weighted by Crippen LogP contribution is -2.48. The van der Waals surface area contributed by atoms with Crippen molar-refractivity contribution in [3.8, 4) is 5.75 Å². The molecule has 4 nitrogen and oxygen atoms in total. The Morgan fingerprint density at radius 1 is 1.21 bits per heavy atom. The van der Waals surface area contributed by atoms with Crippen LogP contribution in [0.3, 0.4) is 0 Å². The van der Waals surface area contributed by atoms with Gasteiger partial charge >= 0.3 is 0 Å². The number of piperazine rings is 1. The van der Waals surface area contributed by atoms with E-state index in [-0.39, 0.29) is 0 Å². The standard InChI is InChI=1S/C20H26N2O2/c23-20(14-16-3-1-2-4-16)22-10-8-21(9-11-22)15-17-5-6-19-18(13-17)7-12-24-19/h1,3,5-6,13,16H,2,4,7-12,14-15H2. The second kappa shape index (κ2) is 6.98. The summed E-state index contributed by atoms with van der Waals surface area (Å²) in [5, 5.41) is 0. The number of benzene rings is 1. The van der Waals surface area contributed by atoms with E-state index in [0.717, 1.165) is 64.3 Å². The summed E-state index contributed by atoms with van der Waals surface area (Å²) in [6, 6.07) is 6.56. The second-order valence-corrected chi connectivity index (χ2v) is 7.17. The lowest BCUT2D eigenvalue weighted by molar-refractivity contribution is -0.133. The van der Waals surface area contributed by atoms with E-state index in [4.69, 9.17) is 4.74 Å². The van der Waals surface area contributed by atoms with Crippen LogP contribution < -0.4 is 4.74 Å². The van der Waals surface area contributed by atoms with E-state index < -0.39 is 0 Å². The minimum atomic E-state index is 0.334. The lowest BCUT2D eigenvalue weighted by Gasteiger charge is -2.35. The van der Waals surface area contributed by atoms with Gasteiger partial charge in [-0.3, -0.25) is 9.69 Å². The molecule has 0 bridgehead atoms. The highest BCUT2D eigenvalue weighted by Gasteiger charge is 2.24. The normalized spacial score (nSPS) is 23.3. The maximum Gasteiger partial charge on any atom is 0.223 e. The molecule has 1 unspecified atom stereocenters. The van der Waals surface area contributed by atoms with Crippen LogP contribution in [0.4, 0.5) is 0 Å². The molecule has 0 saturated carbocycles. The van der Waals surface area contributed by atoms with Gasteiger partial charge < -0.3 is 9.64 Å². The Kier molecular flexibility index (Phi) is 4.56. The van der Waals surface area contributed by atoms with Crippen molar-refractivity contribution in [2.45, 2.75) is 32.2 Å². The predicted octanol–water partition coefficient (Wildman–Crippen LogP) is 2.62. The van der Waals surface area contributed by atoms with Gasteiger partial charge in [0.1, 0.15) is 5.75 Å². The van der Waals surface area contributed by atoms with Gasteiger partial charge in [0.25, 0.3) is 0 Å². The molecule has 0 N–H and O–H groups in total. The molecule has 2 aliphatic heterocycles. The molecule has 1 amide bonds. The Morgan fingerprint density at radius 3 is 2.88 bits per heavy atom. The van der Waals surface area contributed by atoms with E-state index in [9.17, 15) is 4.79 Å². The van der Waals surface area contributed by atoms with Crippen LogP contribution in [-0.4, -0.2) is 48.5 Å². The van der Waals surface area contributed by atoms with E-state index in [1.807, 2.05) is 0 Å². The van der Waals surface area contributed by atoms with Crippen molar-refractivity contribution >= 4 is 5.91 Å². The largest absolute Gasteiger partial charge is 0.493 e. The molecule has 2 heterocycles. The topological polar surface area (TPSA) is 32.8 Å². The van der Waals surface area contributed by atoms with Gasteiger partial charge in [0.2, 0.25) is 5.91 Å². The van der Waals surface area contributed by atoms with Crippen molar-refractivity contribution in [2.24, 2.45) is 5.92 Å². The lowest BCUT2D eigenvalue weighted by atomic mass is 10.0. The highest BCUT2D eigenvalue weighted by Crippen LogP contribution is 2.26. The zero-order valence-corrected chi connectivity index (χ0v) is 14.2. The number of allylic oxidation sites excluding steroid dienone is 2. The number of rotatable bonds is 4. The van der Waals surface area contributed by atoms with Crippen LogP contribution >= 0.6 is 0 Å². The van der Waals surface area contributed by atoms with Crippen molar-refractivity contribution in [3.63, 3.8) is 0 Å². The van der Waals surface area contributed by atoms with Gasteiger partial charge in [0, 0.05) is 45.6 Å². The number of carbonyl (C=O) groups is 1. The van der Waals surface area contributed by atoms with Gasteiger partial charge in [-0.25, -0.2) is 0 Å². The molecule has 0 radical (unpaired) electrons. The van der Waals surface area contributed by atoms with Gasteiger partial charge in [-0.2, -0.15) is 0 Å². The Labute approximate surface area is 144 Å². The smallest absolute Gasteiger partial charge is 0.223 e. The summed E-state index contributed by atoms with van der Waals surface area (Å²) < 4.78 is 5.58. The fraction of sp³-hybridized carbons (Fsp3) is 0.550. The summed E-state index contributed by atoms with van der Waals surface area (Å²) >= 11 is 0. The minimum Gasteiger partial charge on any atom is -0.493 e. The van der Waals surface area contributed by atoms with Crippen LogP contribution in [0, 0.1) is 5.92 Å². The Balaban J connectivity index is 1.27. The van der Waals surface area contributed by atoms with Crippen molar-refractivity contribution in [1.82, 2.24) is 9.80 Å². The first-order valence-electron chi connectivity index (χ1n) is 9.19. The molecule has 0 aromatic heterocycles. The first-order valence-corrected chi connectivity index (χ1v) is 9.19. The summed E-state index contributed by atoms with van der Waals surface area (Å²) in [7, 11) is 0. The maximum atomic E-state index is 12.4. The molecule has 0 spiro atoms. The third-order valence-corrected chi connectivity index (χ3v) is 5.43. The van der Waals surface area contributed by atoms with Crippen LogP contribution in [0.1, 0.15) is 30.4 Å². The minimum absolute atomic E-state index is 0.334. The molecule has 1 fully saturated rings. The van der Waals surface area contributed by atoms with Crippen molar-refractivity contribution in [1.29, 1.82) is 0 Å². The molecular weight excluding hydrogens is 300 g/mol. The predicted molar refractivity (Wildman–Crippen MR) is 94.0 cm³/mol. The van der Waals surface area contributed by atoms with E-state index >= 15 is 0 Å². The summed E-state index contributed by atoms with van der Waals surface area (Å²) in [4.78, 5) is 16.9. The fourth-order valence-electron chi connectivity index (χ4n) is 3.97. The molecule has 1 aromatic rings. The average molecular weight is 326 g/mol. The van der Waals surface area contributed by atoms with E-state index in [1.165, 1.54) is 11.1 Å². The van der Waals surface area contributed by atoms with E-state index in [1.54, 1.807) is 0 Å². The zero-order chi connectivity index (χ0) is 16.4. The molecular formula is C20H26N2O2. The van der Waals surface area contributed by atoms with E-state index in [0.29, 0.717) is 18.2 Å². The third-order valence-electron chi connectivity index (χ3n) is 5.43. The van der Waals surface area contributed by atoms with Crippen molar-refractivity contribution in [2.75, 3.05) is 32.8 Å². The number of ether oxygens (including phenoxy) is 1. The van der Waals surface area contributed by atoms with Crippen LogP contribution in [0.15, 0.2) is 30.4 Å². The fourth-order valence-corrected chi connectivity index (χ4v) is 3.97. The number of nitrogens with zero attached hydrogens (tertiary/aromatic N) is 2. The Hall–Kier alpha value is -1.81.